The Morgan fingerprint density at radius 2 is 1.81 bits per heavy atom. The lowest BCUT2D eigenvalue weighted by molar-refractivity contribution is -0.159. The van der Waals surface area contributed by atoms with Crippen molar-refractivity contribution in [3.05, 3.63) is 74.8 Å². The van der Waals surface area contributed by atoms with Crippen LogP contribution in [0.15, 0.2) is 34.9 Å². The number of ether oxygens (including phenoxy) is 2. The van der Waals surface area contributed by atoms with Crippen molar-refractivity contribution in [2.24, 2.45) is 17.8 Å². The highest BCUT2D eigenvalue weighted by Gasteiger charge is 2.68. The van der Waals surface area contributed by atoms with E-state index in [0.717, 1.165) is 5.56 Å². The van der Waals surface area contributed by atoms with E-state index in [1.807, 2.05) is 75.2 Å². The van der Waals surface area contributed by atoms with Crippen LogP contribution >= 0.6 is 11.6 Å². The van der Waals surface area contributed by atoms with Gasteiger partial charge in [-0.1, -0.05) is 41.9 Å². The third-order valence-corrected chi connectivity index (χ3v) is 9.56. The van der Waals surface area contributed by atoms with E-state index in [-0.39, 0.29) is 34.9 Å². The Morgan fingerprint density at radius 1 is 1.09 bits per heavy atom. The summed E-state index contributed by atoms with van der Waals surface area (Å²) < 4.78 is 17.8. The molecule has 0 bridgehead atoms. The van der Waals surface area contributed by atoms with Gasteiger partial charge in [-0.15, -0.1) is 0 Å². The highest BCUT2D eigenvalue weighted by Crippen LogP contribution is 2.56. The Labute approximate surface area is 255 Å². The molecule has 1 fully saturated rings. The van der Waals surface area contributed by atoms with E-state index in [2.05, 4.69) is 10.1 Å². The minimum atomic E-state index is -1.91. The van der Waals surface area contributed by atoms with Crippen LogP contribution in [0.1, 0.15) is 61.3 Å². The fourth-order valence-corrected chi connectivity index (χ4v) is 7.66. The third kappa shape index (κ3) is 4.46. The SMILES string of the molecule is COC12C(=O)c3c(OCc4ccccc4)noc3C(N(C)C)C1CC1Cc3c(Cl)nc(CN(C)C)c(C)c3C(=O)C1C2=O. The number of methoxy groups -OCH3 is 1. The van der Waals surface area contributed by atoms with Crippen LogP contribution in [0.3, 0.4) is 0 Å². The molecule has 0 N–H and O–H groups in total. The van der Waals surface area contributed by atoms with Crippen LogP contribution in [0.2, 0.25) is 5.15 Å². The molecule has 3 aliphatic carbocycles. The number of aromatic nitrogens is 2. The van der Waals surface area contributed by atoms with Gasteiger partial charge in [-0.25, -0.2) is 4.98 Å². The predicted octanol–water partition coefficient (Wildman–Crippen LogP) is 4.12. The van der Waals surface area contributed by atoms with Crippen molar-refractivity contribution < 1.29 is 28.4 Å². The van der Waals surface area contributed by atoms with Gasteiger partial charge in [0.05, 0.1) is 17.7 Å². The van der Waals surface area contributed by atoms with E-state index < -0.39 is 35.0 Å². The molecular weight excluding hydrogens is 572 g/mol. The molecule has 10 nitrogen and oxygen atoms in total. The molecule has 2 aromatic heterocycles. The van der Waals surface area contributed by atoms with Crippen molar-refractivity contribution in [1.29, 1.82) is 0 Å². The second kappa shape index (κ2) is 10.9. The Kier molecular flexibility index (Phi) is 7.53. The van der Waals surface area contributed by atoms with E-state index in [0.29, 0.717) is 47.5 Å². The number of rotatable bonds is 7. The number of hydrogen-bond acceptors (Lipinski definition) is 10. The maximum absolute atomic E-state index is 14.7. The van der Waals surface area contributed by atoms with Crippen LogP contribution in [0.25, 0.3) is 0 Å². The zero-order chi connectivity index (χ0) is 30.8. The summed E-state index contributed by atoms with van der Waals surface area (Å²) in [5.74, 6) is -3.20. The first-order valence-corrected chi connectivity index (χ1v) is 14.7. The second-order valence-corrected chi connectivity index (χ2v) is 12.6. The summed E-state index contributed by atoms with van der Waals surface area (Å²) in [5.41, 5.74) is 1.53. The van der Waals surface area contributed by atoms with E-state index >= 15 is 0 Å². The molecule has 0 radical (unpaired) electrons. The van der Waals surface area contributed by atoms with Gasteiger partial charge in [-0.05, 0) is 70.2 Å². The quantitative estimate of drug-likeness (QED) is 0.287. The maximum Gasteiger partial charge on any atom is 0.265 e. The van der Waals surface area contributed by atoms with Crippen LogP contribution in [-0.4, -0.2) is 78.2 Å². The molecule has 5 atom stereocenters. The number of ketones is 3. The van der Waals surface area contributed by atoms with Crippen LogP contribution < -0.4 is 4.74 Å². The Hall–Kier alpha value is -3.44. The number of Topliss-reactive ketones (excluding diaryl/α,β-unsaturated/α-hetero) is 3. The zero-order valence-electron chi connectivity index (χ0n) is 25.1. The molecule has 1 saturated carbocycles. The van der Waals surface area contributed by atoms with Crippen molar-refractivity contribution in [2.45, 2.75) is 44.6 Å². The number of carbonyl (C=O) groups excluding carboxylic acids is 3. The van der Waals surface area contributed by atoms with E-state index in [1.54, 1.807) is 0 Å². The standard InChI is InChI=1S/C32H35ClN4O6/c1-16-21(14-36(2)3)34-30(33)19-12-18-13-20-25(37(4)5)27-24(31(35-43-27)42-15-17-10-8-7-9-11-17)29(40)32(20,41-6)28(39)23(18)26(38)22(16)19/h7-11,18,20,23,25H,12-15H2,1-6H3. The monoisotopic (exact) mass is 606 g/mol. The van der Waals surface area contributed by atoms with Gasteiger partial charge in [0.25, 0.3) is 5.88 Å². The number of hydrogen-bond donors (Lipinski definition) is 0. The number of carbonyl (C=O) groups is 3. The van der Waals surface area contributed by atoms with Crippen LogP contribution in [0.5, 0.6) is 5.88 Å². The molecule has 226 valence electrons. The number of benzene rings is 1. The van der Waals surface area contributed by atoms with Crippen molar-refractivity contribution >= 4 is 29.0 Å². The van der Waals surface area contributed by atoms with Gasteiger partial charge in [-0.2, -0.15) is 0 Å². The van der Waals surface area contributed by atoms with Crippen molar-refractivity contribution in [3.63, 3.8) is 0 Å². The normalized spacial score (nSPS) is 26.3. The number of halogens is 1. The van der Waals surface area contributed by atoms with Crippen molar-refractivity contribution in [2.75, 3.05) is 35.3 Å². The number of pyridine rings is 1. The molecule has 6 rings (SSSR count). The van der Waals surface area contributed by atoms with Gasteiger partial charge in [0.1, 0.15) is 17.3 Å². The maximum atomic E-state index is 14.7. The topological polar surface area (TPSA) is 115 Å². The van der Waals surface area contributed by atoms with Gasteiger partial charge in [0, 0.05) is 30.7 Å². The van der Waals surface area contributed by atoms with Crippen LogP contribution in [0, 0.1) is 24.7 Å². The van der Waals surface area contributed by atoms with E-state index in [9.17, 15) is 14.4 Å². The summed E-state index contributed by atoms with van der Waals surface area (Å²) in [5, 5.41) is 4.41. The summed E-state index contributed by atoms with van der Waals surface area (Å²) in [4.78, 5) is 52.0. The molecule has 0 spiro atoms. The summed E-state index contributed by atoms with van der Waals surface area (Å²) >= 11 is 6.68. The molecule has 43 heavy (non-hydrogen) atoms. The van der Waals surface area contributed by atoms with Crippen LogP contribution in [-0.2, 0) is 29.1 Å². The molecule has 0 amide bonds. The molecule has 0 aliphatic heterocycles. The van der Waals surface area contributed by atoms with Crippen molar-refractivity contribution in [1.82, 2.24) is 19.9 Å². The molecule has 3 aliphatic rings. The molecule has 0 saturated heterocycles. The van der Waals surface area contributed by atoms with E-state index in [1.165, 1.54) is 7.11 Å². The highest BCUT2D eigenvalue weighted by molar-refractivity contribution is 6.32. The van der Waals surface area contributed by atoms with Gasteiger partial charge in [0.15, 0.2) is 22.9 Å². The minimum absolute atomic E-state index is 0.00263. The lowest BCUT2D eigenvalue weighted by atomic mass is 9.54. The zero-order valence-corrected chi connectivity index (χ0v) is 25.9. The molecule has 2 heterocycles. The van der Waals surface area contributed by atoms with Crippen molar-refractivity contribution in [3.8, 4) is 5.88 Å². The first-order valence-electron chi connectivity index (χ1n) is 14.3. The third-order valence-electron chi connectivity index (χ3n) is 9.25. The highest BCUT2D eigenvalue weighted by atomic mass is 35.5. The fourth-order valence-electron chi connectivity index (χ4n) is 7.39. The first-order chi connectivity index (χ1) is 20.5. The van der Waals surface area contributed by atoms with Crippen LogP contribution in [0.4, 0.5) is 0 Å². The smallest absolute Gasteiger partial charge is 0.265 e. The molecule has 3 aromatic rings. The molecule has 5 unspecified atom stereocenters. The van der Waals surface area contributed by atoms with Gasteiger partial charge in [0.2, 0.25) is 5.78 Å². The average Bonchev–Trinajstić information content (AvgIpc) is 3.38. The number of fused-ring (bicyclic) bond motifs is 4. The van der Waals surface area contributed by atoms with Gasteiger partial charge >= 0.3 is 0 Å². The van der Waals surface area contributed by atoms with Gasteiger partial charge < -0.3 is 18.9 Å². The fraction of sp³-hybridized carbons (Fsp3) is 0.469. The van der Waals surface area contributed by atoms with E-state index in [4.69, 9.17) is 25.6 Å². The largest absolute Gasteiger partial charge is 0.470 e. The lowest BCUT2D eigenvalue weighted by Gasteiger charge is -2.52. The first kappa shape index (κ1) is 29.6. The summed E-state index contributed by atoms with van der Waals surface area (Å²) in [6.07, 6.45) is 0.755. The average molecular weight is 607 g/mol. The lowest BCUT2D eigenvalue weighted by Crippen LogP contribution is -2.67. The minimum Gasteiger partial charge on any atom is -0.470 e. The second-order valence-electron chi connectivity index (χ2n) is 12.3. The van der Waals surface area contributed by atoms with Gasteiger partial charge in [-0.3, -0.25) is 19.3 Å². The molecular formula is C32H35ClN4O6. The Bertz CT molecular complexity index is 1620. The molecule has 1 aromatic carbocycles. The number of nitrogens with zero attached hydrogens (tertiary/aromatic N) is 4. The summed E-state index contributed by atoms with van der Waals surface area (Å²) in [6.45, 7) is 2.48. The molecule has 11 heteroatoms. The Balaban J connectivity index is 1.44. The predicted molar refractivity (Wildman–Crippen MR) is 157 cm³/mol. The summed E-state index contributed by atoms with van der Waals surface area (Å²) in [7, 11) is 8.89. The Morgan fingerprint density at radius 3 is 2.47 bits per heavy atom. The summed E-state index contributed by atoms with van der Waals surface area (Å²) in [6, 6.07) is 8.94.